The topological polar surface area (TPSA) is 60.1 Å². The van der Waals surface area contributed by atoms with E-state index < -0.39 is 0 Å². The lowest BCUT2D eigenvalue weighted by molar-refractivity contribution is 0.0994. The number of hydrogen-bond donors (Lipinski definition) is 1. The van der Waals surface area contributed by atoms with Gasteiger partial charge < -0.3 is 9.73 Å². The van der Waals surface area contributed by atoms with E-state index in [0.29, 0.717) is 12.3 Å². The number of nitrogens with zero attached hydrogens (tertiary/aromatic N) is 2. The van der Waals surface area contributed by atoms with Gasteiger partial charge in [0.25, 0.3) is 5.91 Å². The predicted octanol–water partition coefficient (Wildman–Crippen LogP) is 4.77. The van der Waals surface area contributed by atoms with Gasteiger partial charge in [-0.1, -0.05) is 12.1 Å². The molecule has 0 unspecified atom stereocenters. The first-order valence-electron chi connectivity index (χ1n) is 8.02. The van der Waals surface area contributed by atoms with Gasteiger partial charge in [-0.2, -0.15) is 5.10 Å². The lowest BCUT2D eigenvalue weighted by Crippen LogP contribution is -2.12. The molecule has 6 heteroatoms. The first kappa shape index (κ1) is 17.5. The van der Waals surface area contributed by atoms with E-state index in [-0.39, 0.29) is 11.7 Å². The Kier molecular flexibility index (Phi) is 4.81. The third kappa shape index (κ3) is 3.69. The van der Waals surface area contributed by atoms with Gasteiger partial charge in [-0.05, 0) is 73.0 Å². The molecule has 3 rings (SSSR count). The van der Waals surface area contributed by atoms with Crippen molar-refractivity contribution >= 4 is 27.5 Å². The number of rotatable bonds is 4. The molecule has 0 saturated heterocycles. The average Bonchev–Trinajstić information content (AvgIpc) is 3.13. The van der Waals surface area contributed by atoms with E-state index >= 15 is 0 Å². The van der Waals surface area contributed by atoms with E-state index in [4.69, 9.17) is 4.42 Å². The van der Waals surface area contributed by atoms with E-state index in [1.54, 1.807) is 6.07 Å². The van der Waals surface area contributed by atoms with Gasteiger partial charge in [0, 0.05) is 5.69 Å². The van der Waals surface area contributed by atoms with Gasteiger partial charge in [-0.25, -0.2) is 0 Å². The van der Waals surface area contributed by atoms with Crippen molar-refractivity contribution in [3.05, 3.63) is 68.8 Å². The number of hydrogen-bond acceptors (Lipinski definition) is 3. The first-order chi connectivity index (χ1) is 11.8. The predicted molar refractivity (Wildman–Crippen MR) is 101 cm³/mol. The molecule has 1 N–H and O–H groups in total. The molecule has 0 bridgehead atoms. The molecule has 0 aliphatic carbocycles. The Morgan fingerprint density at radius 3 is 2.64 bits per heavy atom. The number of amides is 1. The molecule has 0 saturated carbocycles. The number of benzene rings is 1. The third-order valence-corrected chi connectivity index (χ3v) is 5.27. The van der Waals surface area contributed by atoms with Crippen molar-refractivity contribution in [2.45, 2.75) is 34.2 Å². The number of aryl methyl sites for hydroxylation is 3. The molecular formula is C19H20BrN3O2. The molecule has 0 spiro atoms. The molecular weight excluding hydrogens is 382 g/mol. The number of halogens is 1. The number of nitrogens with one attached hydrogen (secondary N) is 1. The van der Waals surface area contributed by atoms with Crippen LogP contribution in [0.2, 0.25) is 0 Å². The molecule has 0 aliphatic heterocycles. The maximum atomic E-state index is 12.4. The van der Waals surface area contributed by atoms with Gasteiger partial charge in [0.15, 0.2) is 5.76 Å². The number of carbonyl (C=O) groups is 1. The van der Waals surface area contributed by atoms with Gasteiger partial charge in [-0.3, -0.25) is 9.48 Å². The fraction of sp³-hybridized carbons (Fsp3) is 0.263. The maximum absolute atomic E-state index is 12.4. The van der Waals surface area contributed by atoms with E-state index in [1.165, 1.54) is 0 Å². The second-order valence-electron chi connectivity index (χ2n) is 6.18. The summed E-state index contributed by atoms with van der Waals surface area (Å²) < 4.78 is 8.55. The molecule has 1 amide bonds. The Balaban J connectivity index is 1.75. The Morgan fingerprint density at radius 1 is 1.20 bits per heavy atom. The van der Waals surface area contributed by atoms with Gasteiger partial charge >= 0.3 is 0 Å². The Bertz CT molecular complexity index is 940. The standard InChI is InChI=1S/C19H20BrN3O2/c1-11-5-6-12(2)16(9-11)21-19(24)17-8-7-15(25-17)10-23-14(4)18(20)13(3)22-23/h5-9H,10H2,1-4H3,(H,21,24). The Hall–Kier alpha value is -2.34. The van der Waals surface area contributed by atoms with Crippen LogP contribution in [0.15, 0.2) is 39.2 Å². The molecule has 2 aromatic heterocycles. The van der Waals surface area contributed by atoms with E-state index in [9.17, 15) is 4.79 Å². The van der Waals surface area contributed by atoms with Crippen molar-refractivity contribution < 1.29 is 9.21 Å². The van der Waals surface area contributed by atoms with Crippen molar-refractivity contribution in [1.29, 1.82) is 0 Å². The van der Waals surface area contributed by atoms with Crippen molar-refractivity contribution in [2.24, 2.45) is 0 Å². The molecule has 130 valence electrons. The minimum absolute atomic E-state index is 0.255. The Labute approximate surface area is 155 Å². The van der Waals surface area contributed by atoms with Gasteiger partial charge in [0.2, 0.25) is 0 Å². The Morgan fingerprint density at radius 2 is 1.96 bits per heavy atom. The minimum Gasteiger partial charge on any atom is -0.454 e. The number of anilines is 1. The highest BCUT2D eigenvalue weighted by atomic mass is 79.9. The van der Waals surface area contributed by atoms with Crippen LogP contribution in [0.1, 0.15) is 38.8 Å². The molecule has 1 aromatic carbocycles. The molecule has 0 atom stereocenters. The van der Waals surface area contributed by atoms with Gasteiger partial charge in [0.05, 0.1) is 22.4 Å². The maximum Gasteiger partial charge on any atom is 0.291 e. The van der Waals surface area contributed by atoms with E-state index in [0.717, 1.165) is 32.7 Å². The monoisotopic (exact) mass is 401 g/mol. The van der Waals surface area contributed by atoms with Crippen LogP contribution < -0.4 is 5.32 Å². The van der Waals surface area contributed by atoms with Crippen LogP contribution >= 0.6 is 15.9 Å². The van der Waals surface area contributed by atoms with Crippen LogP contribution in [0.5, 0.6) is 0 Å². The van der Waals surface area contributed by atoms with Crippen LogP contribution in [0.3, 0.4) is 0 Å². The minimum atomic E-state index is -0.255. The van der Waals surface area contributed by atoms with Crippen molar-refractivity contribution in [3.8, 4) is 0 Å². The van der Waals surface area contributed by atoms with Crippen LogP contribution in [-0.4, -0.2) is 15.7 Å². The van der Waals surface area contributed by atoms with E-state index in [1.807, 2.05) is 56.6 Å². The summed E-state index contributed by atoms with van der Waals surface area (Å²) in [4.78, 5) is 12.4. The van der Waals surface area contributed by atoms with Gasteiger partial charge in [0.1, 0.15) is 5.76 Å². The first-order valence-corrected chi connectivity index (χ1v) is 8.81. The van der Waals surface area contributed by atoms with Crippen LogP contribution in [0, 0.1) is 27.7 Å². The summed E-state index contributed by atoms with van der Waals surface area (Å²) in [5.74, 6) is 0.718. The zero-order valence-corrected chi connectivity index (χ0v) is 16.3. The third-order valence-electron chi connectivity index (χ3n) is 4.13. The van der Waals surface area contributed by atoms with Crippen molar-refractivity contribution in [2.75, 3.05) is 5.32 Å². The lowest BCUT2D eigenvalue weighted by Gasteiger charge is -2.08. The van der Waals surface area contributed by atoms with Crippen LogP contribution in [0.4, 0.5) is 5.69 Å². The molecule has 0 radical (unpaired) electrons. The number of aromatic nitrogens is 2. The fourth-order valence-corrected chi connectivity index (χ4v) is 2.90. The molecule has 3 aromatic rings. The van der Waals surface area contributed by atoms with E-state index in [2.05, 4.69) is 26.3 Å². The SMILES string of the molecule is Cc1ccc(C)c(NC(=O)c2ccc(Cn3nc(C)c(Br)c3C)o2)c1. The summed E-state index contributed by atoms with van der Waals surface area (Å²) >= 11 is 3.51. The molecule has 0 aliphatic rings. The lowest BCUT2D eigenvalue weighted by atomic mass is 10.1. The average molecular weight is 402 g/mol. The molecule has 2 heterocycles. The summed E-state index contributed by atoms with van der Waals surface area (Å²) in [6.45, 7) is 8.37. The largest absolute Gasteiger partial charge is 0.454 e. The quantitative estimate of drug-likeness (QED) is 0.684. The van der Waals surface area contributed by atoms with Crippen molar-refractivity contribution in [1.82, 2.24) is 9.78 Å². The highest BCUT2D eigenvalue weighted by Crippen LogP contribution is 2.22. The molecule has 25 heavy (non-hydrogen) atoms. The normalized spacial score (nSPS) is 10.9. The van der Waals surface area contributed by atoms with Crippen molar-refractivity contribution in [3.63, 3.8) is 0 Å². The summed E-state index contributed by atoms with van der Waals surface area (Å²) in [7, 11) is 0. The summed E-state index contributed by atoms with van der Waals surface area (Å²) in [5.41, 5.74) is 4.85. The number of carbonyl (C=O) groups excluding carboxylic acids is 1. The molecule has 5 nitrogen and oxygen atoms in total. The fourth-order valence-electron chi connectivity index (χ4n) is 2.62. The highest BCUT2D eigenvalue weighted by Gasteiger charge is 2.15. The van der Waals surface area contributed by atoms with Crippen LogP contribution in [-0.2, 0) is 6.54 Å². The highest BCUT2D eigenvalue weighted by molar-refractivity contribution is 9.10. The zero-order valence-electron chi connectivity index (χ0n) is 14.7. The zero-order chi connectivity index (χ0) is 18.1. The van der Waals surface area contributed by atoms with Crippen LogP contribution in [0.25, 0.3) is 0 Å². The smallest absolute Gasteiger partial charge is 0.291 e. The number of furan rings is 1. The second-order valence-corrected chi connectivity index (χ2v) is 6.97. The van der Waals surface area contributed by atoms with Gasteiger partial charge in [-0.15, -0.1) is 0 Å². The summed E-state index contributed by atoms with van der Waals surface area (Å²) in [6, 6.07) is 9.45. The molecule has 0 fully saturated rings. The summed E-state index contributed by atoms with van der Waals surface area (Å²) in [5, 5.41) is 7.36. The summed E-state index contributed by atoms with van der Waals surface area (Å²) in [6.07, 6.45) is 0. The second kappa shape index (κ2) is 6.88.